The molecule has 2 rings (SSSR count). The van der Waals surface area contributed by atoms with E-state index in [1.54, 1.807) is 18.3 Å². The molecule has 2 heterocycles. The largest absolute Gasteiger partial charge is 0.475 e. The molecule has 0 bridgehead atoms. The predicted octanol–water partition coefficient (Wildman–Crippen LogP) is 2.19. The highest BCUT2D eigenvalue weighted by Gasteiger charge is 2.13. The summed E-state index contributed by atoms with van der Waals surface area (Å²) in [5.74, 6) is -0.408. The zero-order valence-corrected chi connectivity index (χ0v) is 12.1. The number of nitrogens with zero attached hydrogens (tertiary/aromatic N) is 4. The van der Waals surface area contributed by atoms with Crippen LogP contribution in [0.3, 0.4) is 0 Å². The molecular weight excluding hydrogens is 294 g/mol. The van der Waals surface area contributed by atoms with Crippen LogP contribution in [-0.2, 0) is 6.54 Å². The van der Waals surface area contributed by atoms with Gasteiger partial charge in [0.2, 0.25) is 23.6 Å². The average molecular weight is 310 g/mol. The molecule has 2 aromatic heterocycles. The highest BCUT2D eigenvalue weighted by Crippen LogP contribution is 2.16. The summed E-state index contributed by atoms with van der Waals surface area (Å²) in [7, 11) is 0. The van der Waals surface area contributed by atoms with Crippen molar-refractivity contribution in [3.05, 3.63) is 29.7 Å². The van der Waals surface area contributed by atoms with Gasteiger partial charge in [-0.1, -0.05) is 6.07 Å². The average Bonchev–Trinajstić information content (AvgIpc) is 2.45. The quantitative estimate of drug-likeness (QED) is 0.843. The highest BCUT2D eigenvalue weighted by atomic mass is 19.3. The lowest BCUT2D eigenvalue weighted by atomic mass is 10.3. The minimum absolute atomic E-state index is 0.00898. The topological polar surface area (TPSA) is 98.8 Å². The molecule has 0 aliphatic rings. The van der Waals surface area contributed by atoms with Crippen molar-refractivity contribution in [1.82, 2.24) is 19.9 Å². The molecule has 0 saturated carbocycles. The Morgan fingerprint density at radius 1 is 1.23 bits per heavy atom. The van der Waals surface area contributed by atoms with Gasteiger partial charge in [0.1, 0.15) is 0 Å². The van der Waals surface area contributed by atoms with E-state index in [1.807, 2.05) is 13.8 Å². The second-order valence-corrected chi connectivity index (χ2v) is 4.70. The normalized spacial score (nSPS) is 11.0. The van der Waals surface area contributed by atoms with Crippen LogP contribution in [0, 0.1) is 0 Å². The smallest absolute Gasteiger partial charge is 0.297 e. The van der Waals surface area contributed by atoms with Gasteiger partial charge in [0.05, 0.1) is 6.10 Å². The number of nitrogens with two attached hydrogens (primary N) is 1. The molecule has 0 aromatic carbocycles. The number of aromatic nitrogens is 4. The number of nitrogen functional groups attached to an aromatic ring is 1. The Kier molecular flexibility index (Phi) is 4.97. The Morgan fingerprint density at radius 2 is 2.00 bits per heavy atom. The molecule has 7 nitrogen and oxygen atoms in total. The van der Waals surface area contributed by atoms with Crippen LogP contribution in [-0.4, -0.2) is 26.0 Å². The van der Waals surface area contributed by atoms with Crippen LogP contribution in [0.1, 0.15) is 31.7 Å². The Morgan fingerprint density at radius 3 is 2.59 bits per heavy atom. The molecule has 0 radical (unpaired) electrons. The number of alkyl halides is 2. The maximum atomic E-state index is 12.6. The van der Waals surface area contributed by atoms with Crippen molar-refractivity contribution >= 4 is 11.9 Å². The standard InChI is InChI=1S/C13H16F2N6O/c1-7(2)22-9-4-3-8(5-17-9)6-18-13-20-11(10(14)15)19-12(16)21-13/h3-5,7,10H,6H2,1-2H3,(H3,16,18,19,20,21). The molecule has 3 N–H and O–H groups in total. The highest BCUT2D eigenvalue weighted by molar-refractivity contribution is 5.32. The molecule has 118 valence electrons. The van der Waals surface area contributed by atoms with E-state index in [-0.39, 0.29) is 18.0 Å². The minimum atomic E-state index is -2.81. The number of pyridine rings is 1. The Balaban J connectivity index is 2.00. The predicted molar refractivity (Wildman–Crippen MR) is 76.5 cm³/mol. The zero-order valence-electron chi connectivity index (χ0n) is 12.1. The summed E-state index contributed by atoms with van der Waals surface area (Å²) in [5, 5.41) is 2.80. The van der Waals surface area contributed by atoms with E-state index in [1.165, 1.54) is 0 Å². The summed E-state index contributed by atoms with van der Waals surface area (Å²) in [6, 6.07) is 3.53. The first-order valence-electron chi connectivity index (χ1n) is 6.59. The molecule has 22 heavy (non-hydrogen) atoms. The summed E-state index contributed by atoms with van der Waals surface area (Å²) in [5.41, 5.74) is 6.18. The first-order chi connectivity index (χ1) is 10.4. The number of ether oxygens (including phenoxy) is 1. The lowest BCUT2D eigenvalue weighted by Crippen LogP contribution is -2.10. The van der Waals surface area contributed by atoms with E-state index in [0.29, 0.717) is 12.4 Å². The van der Waals surface area contributed by atoms with E-state index in [9.17, 15) is 8.78 Å². The van der Waals surface area contributed by atoms with Gasteiger partial charge in [-0.3, -0.25) is 0 Å². The molecule has 2 aromatic rings. The number of anilines is 2. The Hall–Kier alpha value is -2.58. The first-order valence-corrected chi connectivity index (χ1v) is 6.59. The maximum absolute atomic E-state index is 12.6. The van der Waals surface area contributed by atoms with Gasteiger partial charge in [-0.2, -0.15) is 15.0 Å². The van der Waals surface area contributed by atoms with Crippen molar-refractivity contribution in [2.24, 2.45) is 0 Å². The zero-order chi connectivity index (χ0) is 16.1. The van der Waals surface area contributed by atoms with E-state index in [4.69, 9.17) is 10.5 Å². The van der Waals surface area contributed by atoms with Crippen molar-refractivity contribution in [1.29, 1.82) is 0 Å². The molecule has 0 amide bonds. The molecule has 0 unspecified atom stereocenters. The Bertz CT molecular complexity index is 620. The van der Waals surface area contributed by atoms with E-state index < -0.39 is 12.2 Å². The van der Waals surface area contributed by atoms with Crippen molar-refractivity contribution in [2.45, 2.75) is 32.9 Å². The third-order valence-electron chi connectivity index (χ3n) is 2.47. The summed E-state index contributed by atoms with van der Waals surface area (Å²) < 4.78 is 30.6. The van der Waals surface area contributed by atoms with Crippen LogP contribution in [0.4, 0.5) is 20.7 Å². The molecule has 0 fully saturated rings. The van der Waals surface area contributed by atoms with Gasteiger partial charge in [-0.15, -0.1) is 0 Å². The van der Waals surface area contributed by atoms with Crippen molar-refractivity contribution in [3.8, 4) is 5.88 Å². The summed E-state index contributed by atoms with van der Waals surface area (Å²) >= 11 is 0. The number of hydrogen-bond donors (Lipinski definition) is 2. The van der Waals surface area contributed by atoms with Crippen LogP contribution in [0.5, 0.6) is 5.88 Å². The number of nitrogens with one attached hydrogen (secondary N) is 1. The molecule has 0 spiro atoms. The second kappa shape index (κ2) is 6.92. The van der Waals surface area contributed by atoms with Crippen LogP contribution in [0.15, 0.2) is 18.3 Å². The fourth-order valence-electron chi connectivity index (χ4n) is 1.59. The molecule has 9 heteroatoms. The fourth-order valence-corrected chi connectivity index (χ4v) is 1.59. The first kappa shape index (κ1) is 15.8. The number of rotatable bonds is 6. The van der Waals surface area contributed by atoms with Crippen LogP contribution >= 0.6 is 0 Å². The van der Waals surface area contributed by atoms with Crippen molar-refractivity contribution in [3.63, 3.8) is 0 Å². The van der Waals surface area contributed by atoms with Crippen molar-refractivity contribution in [2.75, 3.05) is 11.1 Å². The third kappa shape index (κ3) is 4.47. The fraction of sp³-hybridized carbons (Fsp3) is 0.385. The summed E-state index contributed by atoms with van der Waals surface area (Å²) in [6.45, 7) is 4.12. The van der Waals surface area contributed by atoms with Crippen LogP contribution in [0.2, 0.25) is 0 Å². The lowest BCUT2D eigenvalue weighted by Gasteiger charge is -2.09. The van der Waals surface area contributed by atoms with Gasteiger partial charge in [0.15, 0.2) is 0 Å². The second-order valence-electron chi connectivity index (χ2n) is 4.70. The molecular formula is C13H16F2N6O. The van der Waals surface area contributed by atoms with E-state index in [0.717, 1.165) is 5.56 Å². The maximum Gasteiger partial charge on any atom is 0.297 e. The van der Waals surface area contributed by atoms with Crippen molar-refractivity contribution < 1.29 is 13.5 Å². The lowest BCUT2D eigenvalue weighted by molar-refractivity contribution is 0.140. The molecule has 0 saturated heterocycles. The van der Waals surface area contributed by atoms with Gasteiger partial charge in [-0.05, 0) is 19.4 Å². The summed E-state index contributed by atoms with van der Waals surface area (Å²) in [6.07, 6.45) is -1.15. The minimum Gasteiger partial charge on any atom is -0.475 e. The van der Waals surface area contributed by atoms with E-state index in [2.05, 4.69) is 25.3 Å². The molecule has 0 aliphatic carbocycles. The van der Waals surface area contributed by atoms with E-state index >= 15 is 0 Å². The van der Waals surface area contributed by atoms with Gasteiger partial charge in [-0.25, -0.2) is 13.8 Å². The van der Waals surface area contributed by atoms with Gasteiger partial charge >= 0.3 is 0 Å². The third-order valence-corrected chi connectivity index (χ3v) is 2.47. The Labute approximate surface area is 126 Å². The van der Waals surface area contributed by atoms with Gasteiger partial charge < -0.3 is 15.8 Å². The van der Waals surface area contributed by atoms with Crippen LogP contribution in [0.25, 0.3) is 0 Å². The number of halogens is 2. The SMILES string of the molecule is CC(C)Oc1ccc(CNc2nc(N)nc(C(F)F)n2)cn1. The molecule has 0 aliphatic heterocycles. The van der Waals surface area contributed by atoms with Gasteiger partial charge in [0, 0.05) is 18.8 Å². The summed E-state index contributed by atoms with van der Waals surface area (Å²) in [4.78, 5) is 14.8. The number of hydrogen-bond acceptors (Lipinski definition) is 7. The van der Waals surface area contributed by atoms with Gasteiger partial charge in [0.25, 0.3) is 6.43 Å². The van der Waals surface area contributed by atoms with Crippen LogP contribution < -0.4 is 15.8 Å². The molecule has 0 atom stereocenters. The monoisotopic (exact) mass is 310 g/mol.